The second-order valence-electron chi connectivity index (χ2n) is 5.46. The molecular weight excluding hydrogens is 321 g/mol. The zero-order chi connectivity index (χ0) is 16.3. The van der Waals surface area contributed by atoms with Crippen molar-refractivity contribution < 1.29 is 17.5 Å². The van der Waals surface area contributed by atoms with Crippen LogP contribution in [0.2, 0.25) is 0 Å². The number of benzene rings is 1. The molecule has 1 aliphatic rings. The Balaban J connectivity index is 1.84. The van der Waals surface area contributed by atoms with E-state index in [0.717, 1.165) is 12.8 Å². The van der Waals surface area contributed by atoms with Crippen LogP contribution in [-0.4, -0.2) is 36.7 Å². The highest BCUT2D eigenvalue weighted by atomic mass is 32.2. The van der Waals surface area contributed by atoms with Gasteiger partial charge in [0.2, 0.25) is 10.0 Å². The summed E-state index contributed by atoms with van der Waals surface area (Å²) in [7, 11) is -3.73. The van der Waals surface area contributed by atoms with Gasteiger partial charge in [-0.1, -0.05) is 6.07 Å². The number of ether oxygens (including phenoxy) is 1. The van der Waals surface area contributed by atoms with Crippen LogP contribution in [0.25, 0.3) is 5.69 Å². The fraction of sp³-hybridized carbons (Fsp3) is 0.400. The van der Waals surface area contributed by atoms with Crippen LogP contribution in [0.1, 0.15) is 19.3 Å². The molecule has 0 bridgehead atoms. The van der Waals surface area contributed by atoms with Gasteiger partial charge in [0.15, 0.2) is 0 Å². The van der Waals surface area contributed by atoms with Gasteiger partial charge in [-0.25, -0.2) is 17.5 Å². The van der Waals surface area contributed by atoms with Crippen LogP contribution in [0.5, 0.6) is 0 Å². The number of sulfonamides is 1. The molecule has 6 nitrogen and oxygen atoms in total. The van der Waals surface area contributed by atoms with E-state index in [1.807, 2.05) is 0 Å². The van der Waals surface area contributed by atoms with E-state index in [4.69, 9.17) is 4.74 Å². The summed E-state index contributed by atoms with van der Waals surface area (Å²) in [6.07, 6.45) is 5.40. The molecule has 0 amide bonds. The van der Waals surface area contributed by atoms with Gasteiger partial charge in [0.1, 0.15) is 11.5 Å². The molecule has 1 atom stereocenters. The molecular formula is C15H18FN3O3S. The van der Waals surface area contributed by atoms with Gasteiger partial charge in [0, 0.05) is 19.0 Å². The van der Waals surface area contributed by atoms with Gasteiger partial charge in [-0.3, -0.25) is 4.72 Å². The third kappa shape index (κ3) is 3.89. The van der Waals surface area contributed by atoms with Crippen molar-refractivity contribution in [3.05, 3.63) is 42.5 Å². The lowest BCUT2D eigenvalue weighted by Crippen LogP contribution is -2.31. The average molecular weight is 339 g/mol. The number of hydrogen-bond donors (Lipinski definition) is 1. The van der Waals surface area contributed by atoms with E-state index in [-0.39, 0.29) is 17.5 Å². The fourth-order valence-electron chi connectivity index (χ4n) is 2.60. The maximum Gasteiger partial charge on any atom is 0.235 e. The van der Waals surface area contributed by atoms with Crippen molar-refractivity contribution in [1.82, 2.24) is 9.78 Å². The van der Waals surface area contributed by atoms with Gasteiger partial charge in [0.05, 0.1) is 17.5 Å². The highest BCUT2D eigenvalue weighted by Crippen LogP contribution is 2.25. The van der Waals surface area contributed by atoms with Crippen LogP contribution >= 0.6 is 0 Å². The topological polar surface area (TPSA) is 73.2 Å². The second kappa shape index (κ2) is 6.67. The summed E-state index contributed by atoms with van der Waals surface area (Å²) >= 11 is 0. The lowest BCUT2D eigenvalue weighted by atomic mass is 10.1. The van der Waals surface area contributed by atoms with E-state index in [1.165, 1.54) is 16.8 Å². The number of anilines is 1. The molecule has 8 heteroatoms. The Bertz CT molecular complexity index is 756. The summed E-state index contributed by atoms with van der Waals surface area (Å²) in [5.41, 5.74) is 0.232. The van der Waals surface area contributed by atoms with Crippen LogP contribution in [0.3, 0.4) is 0 Å². The molecule has 1 aromatic carbocycles. The van der Waals surface area contributed by atoms with Crippen LogP contribution < -0.4 is 4.72 Å². The first-order valence-corrected chi connectivity index (χ1v) is 9.11. The minimum atomic E-state index is -3.73. The summed E-state index contributed by atoms with van der Waals surface area (Å²) in [4.78, 5) is 0. The molecule has 1 aromatic heterocycles. The molecule has 0 aliphatic carbocycles. The van der Waals surface area contributed by atoms with Crippen LogP contribution in [-0.2, 0) is 14.8 Å². The third-order valence-corrected chi connectivity index (χ3v) is 5.01. The van der Waals surface area contributed by atoms with Gasteiger partial charge in [-0.2, -0.15) is 5.10 Å². The third-order valence-electron chi connectivity index (χ3n) is 3.68. The van der Waals surface area contributed by atoms with Gasteiger partial charge >= 0.3 is 0 Å². The van der Waals surface area contributed by atoms with E-state index >= 15 is 0 Å². The first-order valence-electron chi connectivity index (χ1n) is 7.46. The molecule has 0 unspecified atom stereocenters. The predicted molar refractivity (Wildman–Crippen MR) is 84.5 cm³/mol. The molecule has 2 aromatic rings. The highest BCUT2D eigenvalue weighted by Gasteiger charge is 2.24. The second-order valence-corrected chi connectivity index (χ2v) is 7.22. The molecule has 0 saturated carbocycles. The van der Waals surface area contributed by atoms with E-state index < -0.39 is 15.8 Å². The summed E-state index contributed by atoms with van der Waals surface area (Å²) in [6, 6.07) is 6.00. The lowest BCUT2D eigenvalue weighted by molar-refractivity contribution is 0.0306. The number of aromatic nitrogens is 2. The Morgan fingerprint density at radius 1 is 1.35 bits per heavy atom. The minimum Gasteiger partial charge on any atom is -0.377 e. The summed E-state index contributed by atoms with van der Waals surface area (Å²) in [6.45, 7) is 0.568. The molecule has 0 spiro atoms. The first-order chi connectivity index (χ1) is 11.1. The summed E-state index contributed by atoms with van der Waals surface area (Å²) < 4.78 is 48.1. The van der Waals surface area contributed by atoms with E-state index in [9.17, 15) is 12.8 Å². The molecule has 0 radical (unpaired) electrons. The number of hydrogen-bond acceptors (Lipinski definition) is 4. The largest absolute Gasteiger partial charge is 0.377 e. The maximum absolute atomic E-state index is 14.2. The van der Waals surface area contributed by atoms with Crippen molar-refractivity contribution in [3.63, 3.8) is 0 Å². The summed E-state index contributed by atoms with van der Waals surface area (Å²) in [5, 5.41) is 4.02. The normalized spacial score (nSPS) is 18.7. The molecule has 124 valence electrons. The van der Waals surface area contributed by atoms with Crippen molar-refractivity contribution in [2.75, 3.05) is 17.1 Å². The smallest absolute Gasteiger partial charge is 0.235 e. The SMILES string of the molecule is O=S(=O)(C[C@@H]1CCCCO1)Nc1c(F)cccc1-n1cccn1. The average Bonchev–Trinajstić information content (AvgIpc) is 3.04. The Kier molecular flexibility index (Phi) is 4.63. The molecule has 23 heavy (non-hydrogen) atoms. The molecule has 1 fully saturated rings. The minimum absolute atomic E-state index is 0.105. The number of para-hydroxylation sites is 1. The Morgan fingerprint density at radius 2 is 2.22 bits per heavy atom. The van der Waals surface area contributed by atoms with Crippen molar-refractivity contribution in [1.29, 1.82) is 0 Å². The molecule has 2 heterocycles. The Hall–Kier alpha value is -1.93. The predicted octanol–water partition coefficient (Wildman–Crippen LogP) is 2.32. The maximum atomic E-state index is 14.2. The number of rotatable bonds is 5. The zero-order valence-electron chi connectivity index (χ0n) is 12.5. The molecule has 1 aliphatic heterocycles. The Labute approximate surface area is 134 Å². The molecule has 3 rings (SSSR count). The van der Waals surface area contributed by atoms with Gasteiger partial charge in [-0.05, 0) is 37.5 Å². The number of nitrogens with zero attached hydrogens (tertiary/aromatic N) is 2. The van der Waals surface area contributed by atoms with Crippen molar-refractivity contribution in [2.45, 2.75) is 25.4 Å². The van der Waals surface area contributed by atoms with E-state index in [1.54, 1.807) is 24.5 Å². The monoisotopic (exact) mass is 339 g/mol. The van der Waals surface area contributed by atoms with Gasteiger partial charge in [-0.15, -0.1) is 0 Å². The van der Waals surface area contributed by atoms with E-state index in [0.29, 0.717) is 18.7 Å². The fourth-order valence-corrected chi connectivity index (χ4v) is 3.95. The highest BCUT2D eigenvalue weighted by molar-refractivity contribution is 7.92. The van der Waals surface area contributed by atoms with Gasteiger partial charge < -0.3 is 4.74 Å². The van der Waals surface area contributed by atoms with Crippen LogP contribution in [0.15, 0.2) is 36.7 Å². The quantitative estimate of drug-likeness (QED) is 0.907. The Morgan fingerprint density at radius 3 is 2.91 bits per heavy atom. The van der Waals surface area contributed by atoms with E-state index in [2.05, 4.69) is 9.82 Å². The van der Waals surface area contributed by atoms with Crippen molar-refractivity contribution >= 4 is 15.7 Å². The first kappa shape index (κ1) is 15.9. The van der Waals surface area contributed by atoms with Crippen LogP contribution in [0, 0.1) is 5.82 Å². The van der Waals surface area contributed by atoms with Crippen molar-refractivity contribution in [2.24, 2.45) is 0 Å². The lowest BCUT2D eigenvalue weighted by Gasteiger charge is -2.23. The zero-order valence-corrected chi connectivity index (χ0v) is 13.3. The number of nitrogens with one attached hydrogen (secondary N) is 1. The summed E-state index contributed by atoms with van der Waals surface area (Å²) in [5.74, 6) is -0.828. The molecule has 1 saturated heterocycles. The standard InChI is InChI=1S/C15H18FN3O3S/c16-13-6-3-7-14(19-9-4-8-17-19)15(13)18-23(20,21)11-12-5-1-2-10-22-12/h3-4,6-9,12,18H,1-2,5,10-11H2/t12-/m0/s1. The number of halogens is 1. The van der Waals surface area contributed by atoms with Crippen LogP contribution in [0.4, 0.5) is 10.1 Å². The molecule has 1 N–H and O–H groups in total. The van der Waals surface area contributed by atoms with Gasteiger partial charge in [0.25, 0.3) is 0 Å². The van der Waals surface area contributed by atoms with Crippen molar-refractivity contribution in [3.8, 4) is 5.69 Å².